The first-order valence-electron chi connectivity index (χ1n) is 24.3. The molecule has 0 nitrogen and oxygen atoms in total. The van der Waals surface area contributed by atoms with Gasteiger partial charge in [0.25, 0.3) is 0 Å². The van der Waals surface area contributed by atoms with Gasteiger partial charge in [-0.25, -0.2) is 0 Å². The average Bonchev–Trinajstić information content (AvgIpc) is 3.43. The van der Waals surface area contributed by atoms with Crippen molar-refractivity contribution in [3.8, 4) is 66.8 Å². The van der Waals surface area contributed by atoms with E-state index in [-0.39, 0.29) is 0 Å². The molecule has 324 valence electrons. The lowest BCUT2D eigenvalue weighted by atomic mass is 9.81. The summed E-state index contributed by atoms with van der Waals surface area (Å²) in [6.07, 6.45) is 0. The van der Waals surface area contributed by atoms with Crippen LogP contribution in [-0.4, -0.2) is 0 Å². The standard InChI is InChI=1S/C70H44/c1-3-17-45(18-4-1)47-31-33-51-43-53(37-35-49(51)41-47)67-57-23-9-13-27-61(57)69(62-28-14-10-24-58(62)67)65-39-40-66(56-22-8-7-21-55(56)65)70-63-29-15-11-25-59(63)68(60-26-12-16-30-64(60)70)54-38-36-50-42-48(32-34-52(50)44-54)46-19-5-2-6-20-46/h1-44H. The zero-order valence-corrected chi connectivity index (χ0v) is 38.4. The van der Waals surface area contributed by atoms with Crippen molar-refractivity contribution in [1.29, 1.82) is 0 Å². The molecule has 0 heterocycles. The van der Waals surface area contributed by atoms with E-state index in [0.717, 1.165) is 0 Å². The molecule has 0 fully saturated rings. The van der Waals surface area contributed by atoms with E-state index in [0.29, 0.717) is 0 Å². The van der Waals surface area contributed by atoms with Gasteiger partial charge in [0.15, 0.2) is 0 Å². The van der Waals surface area contributed by atoms with Gasteiger partial charge in [0.1, 0.15) is 0 Å². The molecule has 0 heteroatoms. The Hall–Kier alpha value is -9.10. The highest BCUT2D eigenvalue weighted by Gasteiger charge is 2.22. The van der Waals surface area contributed by atoms with Crippen LogP contribution in [0.2, 0.25) is 0 Å². The Balaban J connectivity index is 0.948. The molecule has 70 heavy (non-hydrogen) atoms. The van der Waals surface area contributed by atoms with Crippen LogP contribution in [0.1, 0.15) is 0 Å². The smallest absolute Gasteiger partial charge is 0.00201 e. The van der Waals surface area contributed by atoms with Gasteiger partial charge in [0.05, 0.1) is 0 Å². The lowest BCUT2D eigenvalue weighted by Crippen LogP contribution is -1.94. The van der Waals surface area contributed by atoms with Crippen LogP contribution < -0.4 is 0 Å². The predicted octanol–water partition coefficient (Wildman–Crippen LogP) is 19.8. The quantitative estimate of drug-likeness (QED) is 0.146. The van der Waals surface area contributed by atoms with Crippen molar-refractivity contribution in [2.75, 3.05) is 0 Å². The molecule has 0 N–H and O–H groups in total. The van der Waals surface area contributed by atoms with E-state index in [9.17, 15) is 0 Å². The molecular weight excluding hydrogens is 841 g/mol. The van der Waals surface area contributed by atoms with Crippen molar-refractivity contribution in [2.24, 2.45) is 0 Å². The first-order chi connectivity index (χ1) is 34.7. The first kappa shape index (κ1) is 40.0. The van der Waals surface area contributed by atoms with Crippen molar-refractivity contribution < 1.29 is 0 Å². The highest BCUT2D eigenvalue weighted by Crippen LogP contribution is 2.50. The minimum absolute atomic E-state index is 1.22. The molecule has 0 atom stereocenters. The van der Waals surface area contributed by atoms with Gasteiger partial charge in [-0.05, 0) is 166 Å². The summed E-state index contributed by atoms with van der Waals surface area (Å²) >= 11 is 0. The van der Waals surface area contributed by atoms with E-state index >= 15 is 0 Å². The van der Waals surface area contributed by atoms with Crippen LogP contribution in [-0.2, 0) is 0 Å². The van der Waals surface area contributed by atoms with E-state index in [1.165, 1.54) is 142 Å². The monoisotopic (exact) mass is 884 g/mol. The largest absolute Gasteiger partial charge is 0.0622 e. The van der Waals surface area contributed by atoms with E-state index in [4.69, 9.17) is 0 Å². The third-order valence-electron chi connectivity index (χ3n) is 14.8. The maximum atomic E-state index is 2.40. The van der Waals surface area contributed by atoms with Crippen LogP contribution >= 0.6 is 0 Å². The summed E-state index contributed by atoms with van der Waals surface area (Å²) in [5.74, 6) is 0. The first-order valence-corrected chi connectivity index (χ1v) is 24.3. The summed E-state index contributed by atoms with van der Waals surface area (Å²) < 4.78 is 0. The van der Waals surface area contributed by atoms with Crippen LogP contribution in [0.3, 0.4) is 0 Å². The maximum absolute atomic E-state index is 2.40. The number of hydrogen-bond acceptors (Lipinski definition) is 0. The summed E-state index contributed by atoms with van der Waals surface area (Å²) in [5, 5.41) is 17.4. The van der Waals surface area contributed by atoms with Crippen molar-refractivity contribution in [3.63, 3.8) is 0 Å². The summed E-state index contributed by atoms with van der Waals surface area (Å²) in [6, 6.07) is 99.0. The zero-order valence-electron chi connectivity index (χ0n) is 38.4. The fraction of sp³-hybridized carbons (Fsp3) is 0. The maximum Gasteiger partial charge on any atom is -0.00201 e. The molecule has 0 aliphatic rings. The number of benzene rings is 14. The average molecular weight is 885 g/mol. The van der Waals surface area contributed by atoms with E-state index < -0.39 is 0 Å². The van der Waals surface area contributed by atoms with Gasteiger partial charge < -0.3 is 0 Å². The summed E-state index contributed by atoms with van der Waals surface area (Å²) in [6.45, 7) is 0. The zero-order chi connectivity index (χ0) is 46.1. The molecule has 0 spiro atoms. The number of fused-ring (bicyclic) bond motifs is 7. The van der Waals surface area contributed by atoms with E-state index in [1.807, 2.05) is 0 Å². The minimum atomic E-state index is 1.22. The van der Waals surface area contributed by atoms with Gasteiger partial charge in [0, 0.05) is 0 Å². The summed E-state index contributed by atoms with van der Waals surface area (Å²) in [4.78, 5) is 0. The van der Waals surface area contributed by atoms with Crippen molar-refractivity contribution in [2.45, 2.75) is 0 Å². The van der Waals surface area contributed by atoms with Crippen molar-refractivity contribution in [3.05, 3.63) is 267 Å². The Morgan fingerprint density at radius 3 is 0.700 bits per heavy atom. The number of hydrogen-bond donors (Lipinski definition) is 0. The molecule has 0 radical (unpaired) electrons. The number of rotatable bonds is 6. The van der Waals surface area contributed by atoms with Gasteiger partial charge in [-0.3, -0.25) is 0 Å². The summed E-state index contributed by atoms with van der Waals surface area (Å²) in [5.41, 5.74) is 14.9. The SMILES string of the molecule is c1ccc(-c2ccc3cc(-c4c5ccccc5c(-c5ccc(-c6c7ccccc7c(-c7ccc8cc(-c9ccccc9)ccc8c7)c7ccccc67)c6ccccc56)c5ccccc45)ccc3c2)cc1. The molecule has 0 saturated carbocycles. The second-order valence-corrected chi connectivity index (χ2v) is 18.7. The van der Waals surface area contributed by atoms with Crippen LogP contribution in [0.5, 0.6) is 0 Å². The second kappa shape index (κ2) is 16.3. The third kappa shape index (κ3) is 6.45. The molecule has 14 aromatic rings. The van der Waals surface area contributed by atoms with Gasteiger partial charge in [-0.2, -0.15) is 0 Å². The molecular formula is C70H44. The van der Waals surface area contributed by atoms with Crippen LogP contribution in [0.15, 0.2) is 267 Å². The molecule has 0 bridgehead atoms. The molecule has 14 aromatic carbocycles. The summed E-state index contributed by atoms with van der Waals surface area (Å²) in [7, 11) is 0. The Bertz CT molecular complexity index is 3990. The Kier molecular flexibility index (Phi) is 9.32. The highest BCUT2D eigenvalue weighted by molar-refractivity contribution is 6.27. The Morgan fingerprint density at radius 1 is 0.143 bits per heavy atom. The van der Waals surface area contributed by atoms with Gasteiger partial charge in [-0.1, -0.05) is 243 Å². The molecule has 0 aliphatic heterocycles. The normalized spacial score (nSPS) is 11.7. The minimum Gasteiger partial charge on any atom is -0.0622 e. The molecule has 0 saturated heterocycles. The van der Waals surface area contributed by atoms with Gasteiger partial charge >= 0.3 is 0 Å². The second-order valence-electron chi connectivity index (χ2n) is 18.7. The molecule has 0 unspecified atom stereocenters. The van der Waals surface area contributed by atoms with Crippen molar-refractivity contribution in [1.82, 2.24) is 0 Å². The Morgan fingerprint density at radius 2 is 0.386 bits per heavy atom. The molecule has 0 aliphatic carbocycles. The fourth-order valence-electron chi connectivity index (χ4n) is 11.6. The van der Waals surface area contributed by atoms with E-state index in [2.05, 4.69) is 267 Å². The topological polar surface area (TPSA) is 0 Å². The lowest BCUT2D eigenvalue weighted by molar-refractivity contribution is 1.64. The predicted molar refractivity (Wildman–Crippen MR) is 302 cm³/mol. The van der Waals surface area contributed by atoms with Crippen LogP contribution in [0, 0.1) is 0 Å². The molecule has 14 rings (SSSR count). The highest BCUT2D eigenvalue weighted by atomic mass is 14.3. The van der Waals surface area contributed by atoms with Gasteiger partial charge in [-0.15, -0.1) is 0 Å². The molecule has 0 aromatic heterocycles. The van der Waals surface area contributed by atoms with E-state index in [1.54, 1.807) is 0 Å². The fourth-order valence-corrected chi connectivity index (χ4v) is 11.6. The van der Waals surface area contributed by atoms with Crippen LogP contribution in [0.4, 0.5) is 0 Å². The third-order valence-corrected chi connectivity index (χ3v) is 14.8. The molecule has 0 amide bonds. The van der Waals surface area contributed by atoms with Crippen molar-refractivity contribution >= 4 is 75.4 Å². The van der Waals surface area contributed by atoms with Gasteiger partial charge in [0.2, 0.25) is 0 Å². The lowest BCUT2D eigenvalue weighted by Gasteiger charge is -2.21. The van der Waals surface area contributed by atoms with Crippen LogP contribution in [0.25, 0.3) is 142 Å². The Labute approximate surface area is 407 Å².